The van der Waals surface area contributed by atoms with Crippen molar-refractivity contribution in [1.82, 2.24) is 20.4 Å². The third-order valence-electron chi connectivity index (χ3n) is 4.92. The maximum Gasteiger partial charge on any atom is 0.231 e. The lowest BCUT2D eigenvalue weighted by Gasteiger charge is -2.07. The Labute approximate surface area is 159 Å². The van der Waals surface area contributed by atoms with Gasteiger partial charge in [0.25, 0.3) is 0 Å². The first-order valence-corrected chi connectivity index (χ1v) is 9.68. The molecule has 2 aromatic heterocycles. The van der Waals surface area contributed by atoms with Gasteiger partial charge >= 0.3 is 0 Å². The number of anilines is 2. The van der Waals surface area contributed by atoms with Gasteiger partial charge in [0.15, 0.2) is 0 Å². The molecule has 140 valence electrons. The van der Waals surface area contributed by atoms with Gasteiger partial charge in [-0.1, -0.05) is 30.6 Å². The normalized spacial score (nSPS) is 16.6. The van der Waals surface area contributed by atoms with E-state index in [1.165, 1.54) is 18.4 Å². The predicted octanol–water partition coefficient (Wildman–Crippen LogP) is 4.29. The van der Waals surface area contributed by atoms with Crippen molar-refractivity contribution >= 4 is 11.5 Å². The van der Waals surface area contributed by atoms with Crippen LogP contribution in [-0.2, 0) is 6.42 Å². The Morgan fingerprint density at radius 3 is 2.78 bits per heavy atom. The van der Waals surface area contributed by atoms with Gasteiger partial charge < -0.3 is 15.2 Å². The number of unbranched alkanes of at least 4 members (excludes halogenated alkanes) is 1. The Bertz CT molecular complexity index is 851. The van der Waals surface area contributed by atoms with Gasteiger partial charge in [-0.15, -0.1) is 0 Å². The Morgan fingerprint density at radius 1 is 1.19 bits per heavy atom. The molecule has 6 nitrogen and oxygen atoms in total. The SMILES string of the molecule is CCCCc1ccc(Nc2ccc(-c3noc(C4CCNC4)n3)cn2)cc1. The molecule has 1 aromatic carbocycles. The van der Waals surface area contributed by atoms with E-state index in [1.807, 2.05) is 12.1 Å². The smallest absolute Gasteiger partial charge is 0.231 e. The van der Waals surface area contributed by atoms with Crippen LogP contribution >= 0.6 is 0 Å². The molecule has 1 saturated heterocycles. The second-order valence-electron chi connectivity index (χ2n) is 7.00. The maximum atomic E-state index is 5.42. The van der Waals surface area contributed by atoms with Gasteiger partial charge in [-0.05, 0) is 55.6 Å². The lowest BCUT2D eigenvalue weighted by Crippen LogP contribution is -2.08. The monoisotopic (exact) mass is 363 g/mol. The summed E-state index contributed by atoms with van der Waals surface area (Å²) < 4.78 is 5.42. The van der Waals surface area contributed by atoms with Crippen molar-refractivity contribution in [2.24, 2.45) is 0 Å². The molecule has 0 amide bonds. The van der Waals surface area contributed by atoms with Crippen molar-refractivity contribution in [3.8, 4) is 11.4 Å². The van der Waals surface area contributed by atoms with E-state index in [1.54, 1.807) is 6.20 Å². The van der Waals surface area contributed by atoms with E-state index in [2.05, 4.69) is 56.9 Å². The topological polar surface area (TPSA) is 75.9 Å². The zero-order valence-corrected chi connectivity index (χ0v) is 15.6. The fourth-order valence-electron chi connectivity index (χ4n) is 3.27. The quantitative estimate of drug-likeness (QED) is 0.652. The zero-order chi connectivity index (χ0) is 18.5. The van der Waals surface area contributed by atoms with Crippen LogP contribution < -0.4 is 10.6 Å². The molecule has 3 heterocycles. The second-order valence-corrected chi connectivity index (χ2v) is 7.00. The number of nitrogens with one attached hydrogen (secondary N) is 2. The van der Waals surface area contributed by atoms with Gasteiger partial charge in [0.1, 0.15) is 5.82 Å². The molecule has 4 rings (SSSR count). The molecule has 1 aliphatic heterocycles. The van der Waals surface area contributed by atoms with Crippen LogP contribution in [0.2, 0.25) is 0 Å². The number of aromatic nitrogens is 3. The van der Waals surface area contributed by atoms with Crippen molar-refractivity contribution < 1.29 is 4.52 Å². The van der Waals surface area contributed by atoms with Gasteiger partial charge in [0.2, 0.25) is 11.7 Å². The summed E-state index contributed by atoms with van der Waals surface area (Å²) in [5.74, 6) is 2.42. The summed E-state index contributed by atoms with van der Waals surface area (Å²) >= 11 is 0. The fourth-order valence-corrected chi connectivity index (χ4v) is 3.27. The standard InChI is InChI=1S/C21H25N5O/c1-2-3-4-15-5-8-18(9-6-15)24-19-10-7-16(14-23-19)20-25-21(27-26-20)17-11-12-22-13-17/h5-10,14,17,22H,2-4,11-13H2,1H3,(H,23,24). The summed E-state index contributed by atoms with van der Waals surface area (Å²) in [5.41, 5.74) is 3.26. The molecule has 1 unspecified atom stereocenters. The van der Waals surface area contributed by atoms with Gasteiger partial charge in [-0.2, -0.15) is 4.98 Å². The summed E-state index contributed by atoms with van der Waals surface area (Å²) in [6, 6.07) is 12.4. The lowest BCUT2D eigenvalue weighted by molar-refractivity contribution is 0.359. The molecule has 3 aromatic rings. The molecule has 1 aliphatic rings. The average molecular weight is 363 g/mol. The van der Waals surface area contributed by atoms with Gasteiger partial charge in [0.05, 0.1) is 5.92 Å². The third kappa shape index (κ3) is 4.34. The molecule has 27 heavy (non-hydrogen) atoms. The molecule has 2 N–H and O–H groups in total. The van der Waals surface area contributed by atoms with Crippen molar-refractivity contribution in [3.05, 3.63) is 54.0 Å². The van der Waals surface area contributed by atoms with Crippen LogP contribution in [0, 0.1) is 0 Å². The fraction of sp³-hybridized carbons (Fsp3) is 0.381. The molecule has 0 saturated carbocycles. The molecule has 0 bridgehead atoms. The molecule has 6 heteroatoms. The molecule has 0 spiro atoms. The highest BCUT2D eigenvalue weighted by Gasteiger charge is 2.23. The van der Waals surface area contributed by atoms with Crippen molar-refractivity contribution in [3.63, 3.8) is 0 Å². The van der Waals surface area contributed by atoms with Gasteiger partial charge in [-0.25, -0.2) is 4.98 Å². The Kier molecular flexibility index (Phi) is 5.44. The van der Waals surface area contributed by atoms with Crippen LogP contribution in [-0.4, -0.2) is 28.2 Å². The number of pyridine rings is 1. The first-order chi connectivity index (χ1) is 13.3. The molecular weight excluding hydrogens is 338 g/mol. The first-order valence-electron chi connectivity index (χ1n) is 9.68. The maximum absolute atomic E-state index is 5.42. The molecular formula is C21H25N5O. The predicted molar refractivity (Wildman–Crippen MR) is 106 cm³/mol. The van der Waals surface area contributed by atoms with Crippen LogP contribution in [0.15, 0.2) is 47.1 Å². The minimum atomic E-state index is 0.320. The van der Waals surface area contributed by atoms with Crippen LogP contribution in [0.3, 0.4) is 0 Å². The number of hydrogen-bond acceptors (Lipinski definition) is 6. The Hall–Kier alpha value is -2.73. The highest BCUT2D eigenvalue weighted by Crippen LogP contribution is 2.24. The van der Waals surface area contributed by atoms with E-state index in [9.17, 15) is 0 Å². The summed E-state index contributed by atoms with van der Waals surface area (Å²) in [6.45, 7) is 4.12. The molecule has 0 aliphatic carbocycles. The number of benzene rings is 1. The average Bonchev–Trinajstić information content (AvgIpc) is 3.40. The highest BCUT2D eigenvalue weighted by atomic mass is 16.5. The Balaban J connectivity index is 1.40. The summed E-state index contributed by atoms with van der Waals surface area (Å²) in [5, 5.41) is 10.8. The first kappa shape index (κ1) is 17.7. The number of rotatable bonds is 7. The number of aryl methyl sites for hydroxylation is 1. The number of nitrogens with zero attached hydrogens (tertiary/aromatic N) is 3. The minimum Gasteiger partial charge on any atom is -0.340 e. The minimum absolute atomic E-state index is 0.320. The van der Waals surface area contributed by atoms with E-state index in [-0.39, 0.29) is 0 Å². The highest BCUT2D eigenvalue weighted by molar-refractivity contribution is 5.60. The summed E-state index contributed by atoms with van der Waals surface area (Å²) in [6.07, 6.45) is 6.40. The molecule has 1 atom stereocenters. The van der Waals surface area contributed by atoms with Gasteiger partial charge in [-0.3, -0.25) is 0 Å². The Morgan fingerprint density at radius 2 is 2.07 bits per heavy atom. The number of hydrogen-bond donors (Lipinski definition) is 2. The third-order valence-corrected chi connectivity index (χ3v) is 4.92. The van der Waals surface area contributed by atoms with Crippen LogP contribution in [0.4, 0.5) is 11.5 Å². The van der Waals surface area contributed by atoms with Gasteiger partial charge in [0, 0.05) is 24.0 Å². The van der Waals surface area contributed by atoms with Crippen LogP contribution in [0.1, 0.15) is 43.6 Å². The summed E-state index contributed by atoms with van der Waals surface area (Å²) in [7, 11) is 0. The van der Waals surface area contributed by atoms with E-state index in [4.69, 9.17) is 4.52 Å². The van der Waals surface area contributed by atoms with E-state index < -0.39 is 0 Å². The van der Waals surface area contributed by atoms with E-state index in [0.29, 0.717) is 17.6 Å². The molecule has 0 radical (unpaired) electrons. The lowest BCUT2D eigenvalue weighted by atomic mass is 10.1. The zero-order valence-electron chi connectivity index (χ0n) is 15.6. The van der Waals surface area contributed by atoms with E-state index >= 15 is 0 Å². The summed E-state index contributed by atoms with van der Waals surface area (Å²) in [4.78, 5) is 9.02. The molecule has 1 fully saturated rings. The van der Waals surface area contributed by atoms with Crippen LogP contribution in [0.25, 0.3) is 11.4 Å². The van der Waals surface area contributed by atoms with Crippen LogP contribution in [0.5, 0.6) is 0 Å². The van der Waals surface area contributed by atoms with Crippen molar-refractivity contribution in [1.29, 1.82) is 0 Å². The van der Waals surface area contributed by atoms with Crippen molar-refractivity contribution in [2.45, 2.75) is 38.5 Å². The largest absolute Gasteiger partial charge is 0.340 e. The second kappa shape index (κ2) is 8.31. The van der Waals surface area contributed by atoms with Crippen molar-refractivity contribution in [2.75, 3.05) is 18.4 Å². The van der Waals surface area contributed by atoms with E-state index in [0.717, 1.165) is 43.0 Å².